The van der Waals surface area contributed by atoms with Crippen LogP contribution in [0.1, 0.15) is 10.4 Å². The van der Waals surface area contributed by atoms with Gasteiger partial charge in [0.25, 0.3) is 0 Å². The van der Waals surface area contributed by atoms with Crippen LogP contribution in [0.5, 0.6) is 17.2 Å². The normalized spacial score (nSPS) is 10.7. The number of fused-ring (bicyclic) bond motifs is 1. The SMILES string of the molecule is COc1ccc(OC)c(-c2cc3ccc(OC(=O)c4ccccc4Cl)cc3oc2=O)c1. The summed E-state index contributed by atoms with van der Waals surface area (Å²) in [5.74, 6) is 0.715. The van der Waals surface area contributed by atoms with E-state index in [1.807, 2.05) is 0 Å². The molecule has 0 saturated carbocycles. The van der Waals surface area contributed by atoms with Crippen LogP contribution in [0, 0.1) is 0 Å². The largest absolute Gasteiger partial charge is 0.497 e. The van der Waals surface area contributed by atoms with Gasteiger partial charge in [0.15, 0.2) is 0 Å². The Kier molecular flexibility index (Phi) is 5.64. The number of carbonyl (C=O) groups excluding carboxylic acids is 1. The highest BCUT2D eigenvalue weighted by molar-refractivity contribution is 6.33. The minimum atomic E-state index is -0.606. The second-order valence-electron chi connectivity index (χ2n) is 6.58. The molecule has 0 radical (unpaired) electrons. The van der Waals surface area contributed by atoms with Crippen molar-refractivity contribution in [2.75, 3.05) is 14.2 Å². The maximum atomic E-state index is 12.7. The van der Waals surface area contributed by atoms with Crippen LogP contribution in [0.4, 0.5) is 0 Å². The van der Waals surface area contributed by atoms with Crippen LogP contribution in [0.25, 0.3) is 22.1 Å². The highest BCUT2D eigenvalue weighted by Gasteiger charge is 2.16. The molecule has 6 nitrogen and oxygen atoms in total. The van der Waals surface area contributed by atoms with E-state index in [9.17, 15) is 9.59 Å². The molecule has 0 amide bonds. The fraction of sp³-hybridized carbons (Fsp3) is 0.0833. The summed E-state index contributed by atoms with van der Waals surface area (Å²) in [6, 6.07) is 18.2. The van der Waals surface area contributed by atoms with Crippen molar-refractivity contribution in [1.82, 2.24) is 0 Å². The predicted octanol–water partition coefficient (Wildman–Crippen LogP) is 5.35. The quantitative estimate of drug-likeness (QED) is 0.238. The maximum Gasteiger partial charge on any atom is 0.345 e. The van der Waals surface area contributed by atoms with Gasteiger partial charge in [0.05, 0.1) is 30.4 Å². The Labute approximate surface area is 182 Å². The first-order valence-corrected chi connectivity index (χ1v) is 9.65. The molecule has 7 heteroatoms. The van der Waals surface area contributed by atoms with E-state index in [1.165, 1.54) is 13.2 Å². The van der Waals surface area contributed by atoms with Crippen LogP contribution in [-0.2, 0) is 0 Å². The molecule has 0 N–H and O–H groups in total. The predicted molar refractivity (Wildman–Crippen MR) is 117 cm³/mol. The molecule has 0 aliphatic carbocycles. The van der Waals surface area contributed by atoms with Crippen molar-refractivity contribution in [1.29, 1.82) is 0 Å². The van der Waals surface area contributed by atoms with Crippen LogP contribution in [0.3, 0.4) is 0 Å². The summed E-state index contributed by atoms with van der Waals surface area (Å²) in [5.41, 5.74) is 0.829. The first kappa shape index (κ1) is 20.5. The van der Waals surface area contributed by atoms with Crippen molar-refractivity contribution < 1.29 is 23.4 Å². The highest BCUT2D eigenvalue weighted by Crippen LogP contribution is 2.33. The molecule has 0 aliphatic heterocycles. The van der Waals surface area contributed by atoms with Crippen molar-refractivity contribution in [3.8, 4) is 28.4 Å². The first-order valence-electron chi connectivity index (χ1n) is 9.27. The van der Waals surface area contributed by atoms with Gasteiger partial charge in [0.2, 0.25) is 0 Å². The van der Waals surface area contributed by atoms with Crippen molar-refractivity contribution >= 4 is 28.5 Å². The summed E-state index contributed by atoms with van der Waals surface area (Å²) >= 11 is 6.04. The molecule has 31 heavy (non-hydrogen) atoms. The number of carbonyl (C=O) groups is 1. The smallest absolute Gasteiger partial charge is 0.345 e. The lowest BCUT2D eigenvalue weighted by Crippen LogP contribution is -2.09. The number of esters is 1. The van der Waals surface area contributed by atoms with E-state index < -0.39 is 11.6 Å². The molecule has 0 spiro atoms. The highest BCUT2D eigenvalue weighted by atomic mass is 35.5. The molecule has 4 aromatic rings. The standard InChI is InChI=1S/C24H17ClO6/c1-28-15-9-10-21(29-2)18(12-15)19-11-14-7-8-16(13-22(14)31-24(19)27)30-23(26)17-5-3-4-6-20(17)25/h3-13H,1-2H3. The lowest BCUT2D eigenvalue weighted by Gasteiger charge is -2.11. The molecule has 0 atom stereocenters. The summed E-state index contributed by atoms with van der Waals surface area (Å²) < 4.78 is 21.5. The van der Waals surface area contributed by atoms with Crippen molar-refractivity contribution in [3.63, 3.8) is 0 Å². The molecular formula is C24H17ClO6. The molecule has 0 aliphatic rings. The minimum absolute atomic E-state index is 0.229. The van der Waals surface area contributed by atoms with E-state index in [0.717, 1.165) is 0 Å². The van der Waals surface area contributed by atoms with Crippen LogP contribution in [-0.4, -0.2) is 20.2 Å². The van der Waals surface area contributed by atoms with Gasteiger partial charge in [0, 0.05) is 17.0 Å². The molecule has 156 valence electrons. The van der Waals surface area contributed by atoms with Gasteiger partial charge >= 0.3 is 11.6 Å². The minimum Gasteiger partial charge on any atom is -0.497 e. The zero-order valence-corrected chi connectivity index (χ0v) is 17.4. The second kappa shape index (κ2) is 8.53. The average Bonchev–Trinajstić information content (AvgIpc) is 2.78. The van der Waals surface area contributed by atoms with E-state index >= 15 is 0 Å². The molecular weight excluding hydrogens is 420 g/mol. The molecule has 1 heterocycles. The van der Waals surface area contributed by atoms with Crippen LogP contribution in [0.2, 0.25) is 5.02 Å². The topological polar surface area (TPSA) is 75.0 Å². The number of ether oxygens (including phenoxy) is 3. The summed E-state index contributed by atoms with van der Waals surface area (Å²) in [6.07, 6.45) is 0. The number of hydrogen-bond donors (Lipinski definition) is 0. The summed E-state index contributed by atoms with van der Waals surface area (Å²) in [7, 11) is 3.06. The maximum absolute atomic E-state index is 12.7. The van der Waals surface area contributed by atoms with E-state index in [-0.39, 0.29) is 21.9 Å². The van der Waals surface area contributed by atoms with Crippen LogP contribution >= 0.6 is 11.6 Å². The molecule has 3 aromatic carbocycles. The van der Waals surface area contributed by atoms with E-state index in [2.05, 4.69) is 0 Å². The number of methoxy groups -OCH3 is 2. The Morgan fingerprint density at radius 2 is 1.65 bits per heavy atom. The zero-order valence-electron chi connectivity index (χ0n) is 16.7. The Morgan fingerprint density at radius 1 is 0.871 bits per heavy atom. The van der Waals surface area contributed by atoms with Crippen molar-refractivity contribution in [2.24, 2.45) is 0 Å². The molecule has 0 saturated heterocycles. The molecule has 0 unspecified atom stereocenters. The third-order valence-corrected chi connectivity index (χ3v) is 5.04. The van der Waals surface area contributed by atoms with Crippen molar-refractivity contribution in [3.05, 3.63) is 87.7 Å². The third kappa shape index (κ3) is 4.11. The van der Waals surface area contributed by atoms with Crippen LogP contribution in [0.15, 0.2) is 75.9 Å². The van der Waals surface area contributed by atoms with Gasteiger partial charge in [-0.05, 0) is 48.5 Å². The Hall–Kier alpha value is -3.77. The fourth-order valence-electron chi connectivity index (χ4n) is 3.16. The fourth-order valence-corrected chi connectivity index (χ4v) is 3.37. The van der Waals surface area contributed by atoms with E-state index in [4.69, 9.17) is 30.2 Å². The van der Waals surface area contributed by atoms with Gasteiger partial charge in [-0.1, -0.05) is 23.7 Å². The first-order chi connectivity index (χ1) is 15.0. The Balaban J connectivity index is 1.71. The molecule has 1 aromatic heterocycles. The van der Waals surface area contributed by atoms with Crippen molar-refractivity contribution in [2.45, 2.75) is 0 Å². The van der Waals surface area contributed by atoms with E-state index in [0.29, 0.717) is 28.0 Å². The van der Waals surface area contributed by atoms with Crippen LogP contribution < -0.4 is 19.8 Å². The lowest BCUT2D eigenvalue weighted by molar-refractivity contribution is 0.0735. The van der Waals surface area contributed by atoms with Gasteiger partial charge < -0.3 is 18.6 Å². The summed E-state index contributed by atoms with van der Waals surface area (Å²) in [5, 5.41) is 0.939. The van der Waals surface area contributed by atoms with E-state index in [1.54, 1.807) is 67.8 Å². The van der Waals surface area contributed by atoms with Gasteiger partial charge in [-0.3, -0.25) is 0 Å². The van der Waals surface area contributed by atoms with Gasteiger partial charge in [0.1, 0.15) is 22.8 Å². The molecule has 0 bridgehead atoms. The number of benzene rings is 3. The van der Waals surface area contributed by atoms with Gasteiger partial charge in [-0.25, -0.2) is 9.59 Å². The summed E-state index contributed by atoms with van der Waals surface area (Å²) in [4.78, 5) is 25.1. The number of halogens is 1. The third-order valence-electron chi connectivity index (χ3n) is 4.71. The average molecular weight is 437 g/mol. The monoisotopic (exact) mass is 436 g/mol. The number of hydrogen-bond acceptors (Lipinski definition) is 6. The molecule has 0 fully saturated rings. The Bertz CT molecular complexity index is 1340. The zero-order chi connectivity index (χ0) is 22.0. The second-order valence-corrected chi connectivity index (χ2v) is 6.99. The van der Waals surface area contributed by atoms with Gasteiger partial charge in [-0.15, -0.1) is 0 Å². The summed E-state index contributed by atoms with van der Waals surface area (Å²) in [6.45, 7) is 0. The van der Waals surface area contributed by atoms with Gasteiger partial charge in [-0.2, -0.15) is 0 Å². The number of rotatable bonds is 5. The Morgan fingerprint density at radius 3 is 2.39 bits per heavy atom. The lowest BCUT2D eigenvalue weighted by atomic mass is 10.0. The molecule has 4 rings (SSSR count).